The molecule has 0 aliphatic carbocycles. The molecule has 0 fully saturated rings. The van der Waals surface area contributed by atoms with Gasteiger partial charge in [0.05, 0.1) is 6.61 Å². The van der Waals surface area contributed by atoms with Gasteiger partial charge in [0.2, 0.25) is 0 Å². The van der Waals surface area contributed by atoms with E-state index in [0.29, 0.717) is 19.4 Å². The first-order valence-corrected chi connectivity index (χ1v) is 2.30. The van der Waals surface area contributed by atoms with Crippen LogP contribution in [0.5, 0.6) is 0 Å². The van der Waals surface area contributed by atoms with Crippen LogP contribution in [0.4, 0.5) is 0 Å². The van der Waals surface area contributed by atoms with Gasteiger partial charge in [-0.1, -0.05) is 0 Å². The van der Waals surface area contributed by atoms with E-state index in [2.05, 4.69) is 9.78 Å². The summed E-state index contributed by atoms with van der Waals surface area (Å²) in [7, 11) is 0. The maximum Gasteiger partial charge on any atom is 0.148 e. The first-order valence-electron chi connectivity index (χ1n) is 2.30. The molecule has 0 saturated carbocycles. The summed E-state index contributed by atoms with van der Waals surface area (Å²) >= 11 is 0. The van der Waals surface area contributed by atoms with Crippen LogP contribution < -0.4 is 5.73 Å². The van der Waals surface area contributed by atoms with Crippen molar-refractivity contribution in [2.45, 2.75) is 0 Å². The molecule has 2 N–H and O–H groups in total. The third-order valence-corrected chi connectivity index (χ3v) is 0.421. The predicted molar refractivity (Wildman–Crippen MR) is 27.0 cm³/mol. The third kappa shape index (κ3) is 5.55. The van der Waals surface area contributed by atoms with Gasteiger partial charge in [0, 0.05) is 6.54 Å². The Bertz CT molecular complexity index is 57.2. The van der Waals surface area contributed by atoms with Crippen molar-refractivity contribution in [2.75, 3.05) is 19.8 Å². The Morgan fingerprint density at radius 1 is 1.50 bits per heavy atom. The van der Waals surface area contributed by atoms with E-state index in [1.165, 1.54) is 0 Å². The van der Waals surface area contributed by atoms with Gasteiger partial charge < -0.3 is 10.5 Å². The van der Waals surface area contributed by atoms with Crippen LogP contribution in [0.1, 0.15) is 0 Å². The zero-order chi connectivity index (χ0) is 6.24. The van der Waals surface area contributed by atoms with Crippen LogP contribution >= 0.6 is 0 Å². The first-order chi connectivity index (χ1) is 3.91. The van der Waals surface area contributed by atoms with Gasteiger partial charge in [0.15, 0.2) is 0 Å². The lowest BCUT2D eigenvalue weighted by molar-refractivity contribution is -0.284. The topological polar surface area (TPSA) is 61.6 Å². The fraction of sp³-hybridized carbons (Fsp3) is 0.750. The molecule has 48 valence electrons. The molecule has 0 atom stereocenters. The normalized spacial score (nSPS) is 9.12. The van der Waals surface area contributed by atoms with E-state index in [9.17, 15) is 4.79 Å². The summed E-state index contributed by atoms with van der Waals surface area (Å²) in [6, 6.07) is 0. The SMILES string of the molecule is NCCOOCC=O. The Morgan fingerprint density at radius 3 is 2.75 bits per heavy atom. The van der Waals surface area contributed by atoms with Crippen molar-refractivity contribution in [3.05, 3.63) is 0 Å². The number of nitrogens with two attached hydrogens (primary N) is 1. The number of carbonyl (C=O) groups is 1. The Kier molecular flexibility index (Phi) is 6.18. The fourth-order valence-electron chi connectivity index (χ4n) is 0.183. The Balaban J connectivity index is 2.62. The highest BCUT2D eigenvalue weighted by atomic mass is 17.2. The average molecular weight is 119 g/mol. The lowest BCUT2D eigenvalue weighted by Gasteiger charge is -1.95. The van der Waals surface area contributed by atoms with E-state index in [0.717, 1.165) is 0 Å². The quantitative estimate of drug-likeness (QED) is 0.220. The Labute approximate surface area is 47.5 Å². The molecule has 4 heteroatoms. The van der Waals surface area contributed by atoms with Gasteiger partial charge in [0.25, 0.3) is 0 Å². The standard InChI is InChI=1S/C4H9NO3/c5-1-3-7-8-4-2-6/h2H,1,3-5H2. The fourth-order valence-corrected chi connectivity index (χ4v) is 0.183. The van der Waals surface area contributed by atoms with E-state index in [1.54, 1.807) is 0 Å². The molecule has 0 aromatic heterocycles. The summed E-state index contributed by atoms with van der Waals surface area (Å²) in [5.41, 5.74) is 5.02. The molecule has 0 bridgehead atoms. The van der Waals surface area contributed by atoms with E-state index < -0.39 is 0 Å². The van der Waals surface area contributed by atoms with Crippen LogP contribution in [0.25, 0.3) is 0 Å². The monoisotopic (exact) mass is 119 g/mol. The van der Waals surface area contributed by atoms with E-state index in [-0.39, 0.29) is 6.61 Å². The molecule has 8 heavy (non-hydrogen) atoms. The smallest absolute Gasteiger partial charge is 0.148 e. The Hall–Kier alpha value is -0.450. The van der Waals surface area contributed by atoms with Gasteiger partial charge in [0.1, 0.15) is 12.9 Å². The molecule has 0 aliphatic rings. The van der Waals surface area contributed by atoms with Gasteiger partial charge in [-0.3, -0.25) is 0 Å². The van der Waals surface area contributed by atoms with Gasteiger partial charge in [-0.2, -0.15) is 0 Å². The number of aldehydes is 1. The molecule has 0 aliphatic heterocycles. The van der Waals surface area contributed by atoms with Gasteiger partial charge in [-0.15, -0.1) is 0 Å². The third-order valence-electron chi connectivity index (χ3n) is 0.421. The molecular weight excluding hydrogens is 110 g/mol. The van der Waals surface area contributed by atoms with Gasteiger partial charge >= 0.3 is 0 Å². The molecule has 4 nitrogen and oxygen atoms in total. The van der Waals surface area contributed by atoms with E-state index in [1.807, 2.05) is 0 Å². The van der Waals surface area contributed by atoms with Crippen LogP contribution in [0.2, 0.25) is 0 Å². The minimum absolute atomic E-state index is 0.0278. The highest BCUT2D eigenvalue weighted by molar-refractivity contribution is 5.50. The average Bonchev–Trinajstić information content (AvgIpc) is 1.81. The maximum atomic E-state index is 9.53. The zero-order valence-electron chi connectivity index (χ0n) is 4.50. The van der Waals surface area contributed by atoms with Crippen LogP contribution in [-0.2, 0) is 14.6 Å². The van der Waals surface area contributed by atoms with Crippen molar-refractivity contribution < 1.29 is 14.6 Å². The molecule has 0 amide bonds. The summed E-state index contributed by atoms with van der Waals surface area (Å²) in [5.74, 6) is 0. The molecule has 0 radical (unpaired) electrons. The number of hydrogen-bond acceptors (Lipinski definition) is 4. The summed E-state index contributed by atoms with van der Waals surface area (Å²) in [6.07, 6.45) is 0.608. The number of carbonyl (C=O) groups excluding carboxylic acids is 1. The molecule has 0 saturated heterocycles. The molecule has 0 rings (SSSR count). The number of rotatable bonds is 5. The lowest BCUT2D eigenvalue weighted by Crippen LogP contribution is -2.09. The van der Waals surface area contributed by atoms with Crippen molar-refractivity contribution in [1.82, 2.24) is 0 Å². The first kappa shape index (κ1) is 7.55. The largest absolute Gasteiger partial charge is 0.328 e. The van der Waals surface area contributed by atoms with E-state index in [4.69, 9.17) is 5.73 Å². The zero-order valence-corrected chi connectivity index (χ0v) is 4.50. The minimum Gasteiger partial charge on any atom is -0.328 e. The second-order valence-corrected chi connectivity index (χ2v) is 1.06. The van der Waals surface area contributed by atoms with Gasteiger partial charge in [-0.25, -0.2) is 9.78 Å². The highest BCUT2D eigenvalue weighted by Crippen LogP contribution is 1.71. The van der Waals surface area contributed by atoms with Crippen molar-refractivity contribution in [3.8, 4) is 0 Å². The summed E-state index contributed by atoms with van der Waals surface area (Å²) in [6.45, 7) is 0.701. The molecule has 0 aromatic rings. The minimum atomic E-state index is -0.0278. The van der Waals surface area contributed by atoms with Crippen LogP contribution in [0.15, 0.2) is 0 Å². The lowest BCUT2D eigenvalue weighted by atomic mass is 10.8. The van der Waals surface area contributed by atoms with Crippen molar-refractivity contribution in [1.29, 1.82) is 0 Å². The predicted octanol–water partition coefficient (Wildman–Crippen LogP) is -0.908. The number of hydrogen-bond donors (Lipinski definition) is 1. The van der Waals surface area contributed by atoms with E-state index >= 15 is 0 Å². The second kappa shape index (κ2) is 6.55. The second-order valence-electron chi connectivity index (χ2n) is 1.06. The van der Waals surface area contributed by atoms with Crippen LogP contribution in [0, 0.1) is 0 Å². The van der Waals surface area contributed by atoms with Gasteiger partial charge in [-0.05, 0) is 0 Å². The summed E-state index contributed by atoms with van der Waals surface area (Å²) in [4.78, 5) is 18.2. The van der Waals surface area contributed by atoms with Crippen molar-refractivity contribution in [2.24, 2.45) is 5.73 Å². The van der Waals surface area contributed by atoms with Crippen LogP contribution in [-0.4, -0.2) is 26.0 Å². The van der Waals surface area contributed by atoms with Crippen LogP contribution in [0.3, 0.4) is 0 Å². The molecule has 0 heterocycles. The Morgan fingerprint density at radius 2 is 2.25 bits per heavy atom. The van der Waals surface area contributed by atoms with Crippen molar-refractivity contribution >= 4 is 6.29 Å². The highest BCUT2D eigenvalue weighted by Gasteiger charge is 1.81. The molecule has 0 unspecified atom stereocenters. The molecule has 0 spiro atoms. The maximum absolute atomic E-state index is 9.53. The molecular formula is C4H9NO3. The summed E-state index contributed by atoms with van der Waals surface area (Å²) in [5, 5.41) is 0. The summed E-state index contributed by atoms with van der Waals surface area (Å²) < 4.78 is 0. The molecule has 0 aromatic carbocycles. The van der Waals surface area contributed by atoms with Crippen molar-refractivity contribution in [3.63, 3.8) is 0 Å².